The number of piperidine rings is 1. The van der Waals surface area contributed by atoms with Crippen LogP contribution in [0.5, 0.6) is 0 Å². The Balaban J connectivity index is 1.78. The van der Waals surface area contributed by atoms with Crippen LogP contribution in [0.1, 0.15) is 12.8 Å². The van der Waals surface area contributed by atoms with Crippen LogP contribution < -0.4 is 16.6 Å². The zero-order valence-corrected chi connectivity index (χ0v) is 13.7. The van der Waals surface area contributed by atoms with Crippen LogP contribution in [-0.4, -0.2) is 32.9 Å². The number of fused-ring (bicyclic) bond motifs is 1. The van der Waals surface area contributed by atoms with Crippen LogP contribution in [0.3, 0.4) is 0 Å². The number of nitrogens with one attached hydrogen (secondary N) is 2. The Morgan fingerprint density at radius 3 is 2.80 bits per heavy atom. The second kappa shape index (κ2) is 6.00. The Hall–Kier alpha value is -2.67. The summed E-state index contributed by atoms with van der Waals surface area (Å²) in [6.45, 7) is 1.48. The van der Waals surface area contributed by atoms with E-state index in [0.29, 0.717) is 18.7 Å². The maximum atomic E-state index is 15.0. The van der Waals surface area contributed by atoms with E-state index in [-0.39, 0.29) is 6.54 Å². The first-order valence-corrected chi connectivity index (χ1v) is 8.36. The Labute approximate surface area is 142 Å². The highest BCUT2D eigenvalue weighted by molar-refractivity contribution is 5.88. The average molecular weight is 342 g/mol. The van der Waals surface area contributed by atoms with Gasteiger partial charge in [-0.15, -0.1) is 0 Å². The lowest BCUT2D eigenvalue weighted by molar-refractivity contribution is 0.102. The van der Waals surface area contributed by atoms with Gasteiger partial charge in [-0.05, 0) is 37.6 Å². The number of halogens is 1. The van der Waals surface area contributed by atoms with Gasteiger partial charge in [0.1, 0.15) is 5.67 Å². The smallest absolute Gasteiger partial charge is 0.332 e. The molecule has 1 aliphatic rings. The van der Waals surface area contributed by atoms with E-state index in [1.165, 1.54) is 16.8 Å². The molecule has 6 nitrogen and oxygen atoms in total. The van der Waals surface area contributed by atoms with Gasteiger partial charge in [0.2, 0.25) is 0 Å². The number of hydrogen-bond acceptors (Lipinski definition) is 3. The average Bonchev–Trinajstić information content (AvgIpc) is 2.98. The molecule has 1 fully saturated rings. The number of benzene rings is 1. The summed E-state index contributed by atoms with van der Waals surface area (Å²) in [6.07, 6.45) is 4.67. The SMILES string of the molecule is O=c1ccn(-c2cccc3c2ccn3CC2(F)CCCNC2)c(=O)[nH]1. The minimum Gasteiger partial charge on any atom is -0.344 e. The van der Waals surface area contributed by atoms with Crippen LogP contribution in [0.4, 0.5) is 4.39 Å². The van der Waals surface area contributed by atoms with Crippen LogP contribution in [0.15, 0.2) is 52.3 Å². The number of H-pyrrole nitrogens is 1. The largest absolute Gasteiger partial charge is 0.344 e. The molecular weight excluding hydrogens is 323 g/mol. The van der Waals surface area contributed by atoms with Crippen molar-refractivity contribution in [1.82, 2.24) is 19.4 Å². The molecule has 1 atom stereocenters. The van der Waals surface area contributed by atoms with Crippen LogP contribution in [0.25, 0.3) is 16.6 Å². The van der Waals surface area contributed by atoms with Crippen molar-refractivity contribution in [2.24, 2.45) is 0 Å². The molecule has 0 amide bonds. The van der Waals surface area contributed by atoms with Gasteiger partial charge in [-0.1, -0.05) is 6.07 Å². The van der Waals surface area contributed by atoms with Crippen LogP contribution in [0.2, 0.25) is 0 Å². The van der Waals surface area contributed by atoms with Gasteiger partial charge < -0.3 is 9.88 Å². The van der Waals surface area contributed by atoms with Crippen molar-refractivity contribution in [2.75, 3.05) is 13.1 Å². The molecule has 3 aromatic rings. The Kier molecular flexibility index (Phi) is 3.80. The second-order valence-corrected chi connectivity index (χ2v) is 6.56. The maximum absolute atomic E-state index is 15.0. The van der Waals surface area contributed by atoms with Gasteiger partial charge in [-0.2, -0.15) is 0 Å². The van der Waals surface area contributed by atoms with E-state index in [4.69, 9.17) is 0 Å². The molecule has 2 aromatic heterocycles. The molecule has 0 spiro atoms. The van der Waals surface area contributed by atoms with Crippen molar-refractivity contribution in [3.8, 4) is 5.69 Å². The van der Waals surface area contributed by atoms with Crippen molar-refractivity contribution in [3.63, 3.8) is 0 Å². The van der Waals surface area contributed by atoms with E-state index in [0.717, 1.165) is 23.9 Å². The molecule has 0 radical (unpaired) electrons. The van der Waals surface area contributed by atoms with E-state index < -0.39 is 16.9 Å². The summed E-state index contributed by atoms with van der Waals surface area (Å²) in [5.74, 6) is 0. The van der Waals surface area contributed by atoms with Crippen LogP contribution >= 0.6 is 0 Å². The molecule has 0 bridgehead atoms. The Bertz CT molecular complexity index is 1030. The number of rotatable bonds is 3. The fourth-order valence-corrected chi connectivity index (χ4v) is 3.53. The molecular formula is C18H19FN4O2. The number of hydrogen-bond donors (Lipinski definition) is 2. The molecule has 0 aliphatic carbocycles. The molecule has 1 unspecified atom stereocenters. The standard InChI is InChI=1S/C18H19FN4O2/c19-18(7-2-8-20-11-18)12-22-9-5-13-14(22)3-1-4-15(13)23-10-6-16(24)21-17(23)25/h1,3-6,9-10,20H,2,7-8,11-12H2,(H,21,24,25). The number of nitrogens with zero attached hydrogens (tertiary/aromatic N) is 2. The number of alkyl halides is 1. The first kappa shape index (κ1) is 15.8. The number of aromatic amines is 1. The molecule has 1 saturated heterocycles. The highest BCUT2D eigenvalue weighted by Gasteiger charge is 2.32. The van der Waals surface area contributed by atoms with Gasteiger partial charge in [0.05, 0.1) is 17.7 Å². The van der Waals surface area contributed by atoms with E-state index >= 15 is 4.39 Å². The third-order valence-corrected chi connectivity index (χ3v) is 4.75. The molecule has 7 heteroatoms. The fourth-order valence-electron chi connectivity index (χ4n) is 3.53. The van der Waals surface area contributed by atoms with Gasteiger partial charge >= 0.3 is 5.69 Å². The normalized spacial score (nSPS) is 20.8. The zero-order chi connectivity index (χ0) is 17.4. The third-order valence-electron chi connectivity index (χ3n) is 4.75. The van der Waals surface area contributed by atoms with Gasteiger partial charge in [0.25, 0.3) is 5.56 Å². The molecule has 1 aliphatic heterocycles. The highest BCUT2D eigenvalue weighted by Crippen LogP contribution is 2.28. The summed E-state index contributed by atoms with van der Waals surface area (Å²) in [6, 6.07) is 8.73. The monoisotopic (exact) mass is 342 g/mol. The molecule has 4 rings (SSSR count). The molecule has 130 valence electrons. The molecule has 0 saturated carbocycles. The Morgan fingerprint density at radius 2 is 2.04 bits per heavy atom. The minimum atomic E-state index is -1.27. The Morgan fingerprint density at radius 1 is 1.16 bits per heavy atom. The van der Waals surface area contributed by atoms with Crippen molar-refractivity contribution < 1.29 is 4.39 Å². The quantitative estimate of drug-likeness (QED) is 0.759. The summed E-state index contributed by atoms with van der Waals surface area (Å²) in [7, 11) is 0. The summed E-state index contributed by atoms with van der Waals surface area (Å²) in [4.78, 5) is 25.6. The fraction of sp³-hybridized carbons (Fsp3) is 0.333. The molecule has 3 heterocycles. The number of aromatic nitrogens is 3. The topological polar surface area (TPSA) is 71.8 Å². The maximum Gasteiger partial charge on any atom is 0.332 e. The minimum absolute atomic E-state index is 0.271. The van der Waals surface area contributed by atoms with Crippen LogP contribution in [0, 0.1) is 0 Å². The van der Waals surface area contributed by atoms with E-state index in [2.05, 4.69) is 10.3 Å². The van der Waals surface area contributed by atoms with Gasteiger partial charge in [-0.3, -0.25) is 14.3 Å². The summed E-state index contributed by atoms with van der Waals surface area (Å²) in [5.41, 5.74) is -0.679. The zero-order valence-electron chi connectivity index (χ0n) is 13.7. The predicted molar refractivity (Wildman–Crippen MR) is 94.1 cm³/mol. The van der Waals surface area contributed by atoms with Crippen molar-refractivity contribution in [1.29, 1.82) is 0 Å². The molecule has 1 aromatic carbocycles. The van der Waals surface area contributed by atoms with Crippen molar-refractivity contribution >= 4 is 10.9 Å². The lowest BCUT2D eigenvalue weighted by Gasteiger charge is -2.30. The van der Waals surface area contributed by atoms with Crippen molar-refractivity contribution in [2.45, 2.75) is 25.1 Å². The van der Waals surface area contributed by atoms with Gasteiger partial charge in [0, 0.05) is 30.4 Å². The van der Waals surface area contributed by atoms with E-state index in [9.17, 15) is 9.59 Å². The van der Waals surface area contributed by atoms with Crippen LogP contribution in [-0.2, 0) is 6.54 Å². The third kappa shape index (κ3) is 2.91. The summed E-state index contributed by atoms with van der Waals surface area (Å²) in [5, 5.41) is 3.96. The summed E-state index contributed by atoms with van der Waals surface area (Å²) >= 11 is 0. The predicted octanol–water partition coefficient (Wildman–Crippen LogP) is 1.57. The van der Waals surface area contributed by atoms with Crippen molar-refractivity contribution in [3.05, 3.63) is 63.6 Å². The van der Waals surface area contributed by atoms with Gasteiger partial charge in [0.15, 0.2) is 0 Å². The second-order valence-electron chi connectivity index (χ2n) is 6.56. The first-order chi connectivity index (χ1) is 12.1. The summed E-state index contributed by atoms with van der Waals surface area (Å²) < 4.78 is 18.3. The molecule has 25 heavy (non-hydrogen) atoms. The van der Waals surface area contributed by atoms with E-state index in [1.54, 1.807) is 6.07 Å². The lowest BCUT2D eigenvalue weighted by Crippen LogP contribution is -2.45. The first-order valence-electron chi connectivity index (χ1n) is 8.36. The lowest BCUT2D eigenvalue weighted by atomic mass is 9.96. The molecule has 2 N–H and O–H groups in total. The van der Waals surface area contributed by atoms with E-state index in [1.807, 2.05) is 29.0 Å². The van der Waals surface area contributed by atoms with Gasteiger partial charge in [-0.25, -0.2) is 9.18 Å². The highest BCUT2D eigenvalue weighted by atomic mass is 19.1.